The van der Waals surface area contributed by atoms with Gasteiger partial charge in [-0.05, 0) is 36.6 Å². The molecule has 5 nitrogen and oxygen atoms in total. The molecule has 1 aromatic heterocycles. The number of aromatic nitrogens is 2. The quantitative estimate of drug-likeness (QED) is 0.563. The first-order valence-electron chi connectivity index (χ1n) is 8.94. The number of benzene rings is 2. The molecule has 3 aromatic rings. The highest BCUT2D eigenvalue weighted by atomic mass is 35.5. The number of aryl methyl sites for hydroxylation is 1. The minimum atomic E-state index is -0.598. The van der Waals surface area contributed by atoms with Crippen LogP contribution in [-0.2, 0) is 17.8 Å². The zero-order valence-electron chi connectivity index (χ0n) is 15.4. The van der Waals surface area contributed by atoms with Gasteiger partial charge in [-0.25, -0.2) is 0 Å². The SMILES string of the molecule is CCC(Cl)C(=O)N(Cc1nnc(Cc2ccccc2C)o1)c1ccccc1. The van der Waals surface area contributed by atoms with Crippen LogP contribution in [-0.4, -0.2) is 21.5 Å². The molecule has 0 bridgehead atoms. The Bertz CT molecular complexity index is 895. The van der Waals surface area contributed by atoms with Crippen molar-refractivity contribution in [3.05, 3.63) is 77.5 Å². The Morgan fingerprint density at radius 1 is 1.07 bits per heavy atom. The lowest BCUT2D eigenvalue weighted by Gasteiger charge is -2.23. The van der Waals surface area contributed by atoms with Crippen LogP contribution in [0.15, 0.2) is 59.0 Å². The molecule has 0 N–H and O–H groups in total. The normalized spacial score (nSPS) is 12.0. The summed E-state index contributed by atoms with van der Waals surface area (Å²) >= 11 is 6.20. The van der Waals surface area contributed by atoms with E-state index < -0.39 is 5.38 Å². The van der Waals surface area contributed by atoms with E-state index in [9.17, 15) is 4.79 Å². The molecule has 1 atom stereocenters. The fourth-order valence-corrected chi connectivity index (χ4v) is 2.90. The molecule has 0 fully saturated rings. The van der Waals surface area contributed by atoms with Gasteiger partial charge in [0.25, 0.3) is 0 Å². The van der Waals surface area contributed by atoms with Crippen LogP contribution in [0.4, 0.5) is 5.69 Å². The van der Waals surface area contributed by atoms with Crippen molar-refractivity contribution in [1.82, 2.24) is 10.2 Å². The fourth-order valence-electron chi connectivity index (χ4n) is 2.78. The van der Waals surface area contributed by atoms with Gasteiger partial charge in [-0.3, -0.25) is 4.79 Å². The van der Waals surface area contributed by atoms with E-state index in [2.05, 4.69) is 10.2 Å². The van der Waals surface area contributed by atoms with E-state index in [0.29, 0.717) is 24.6 Å². The average Bonchev–Trinajstić information content (AvgIpc) is 3.14. The van der Waals surface area contributed by atoms with Gasteiger partial charge in [0, 0.05) is 5.69 Å². The number of amides is 1. The zero-order valence-corrected chi connectivity index (χ0v) is 16.2. The molecule has 140 valence electrons. The Balaban J connectivity index is 1.79. The second-order valence-corrected chi connectivity index (χ2v) is 6.86. The Morgan fingerprint density at radius 2 is 1.74 bits per heavy atom. The number of carbonyl (C=O) groups excluding carboxylic acids is 1. The number of para-hydroxylation sites is 1. The molecule has 3 rings (SSSR count). The first kappa shape index (κ1) is 19.1. The van der Waals surface area contributed by atoms with Crippen LogP contribution >= 0.6 is 11.6 Å². The molecule has 0 aliphatic carbocycles. The summed E-state index contributed by atoms with van der Waals surface area (Å²) < 4.78 is 5.80. The lowest BCUT2D eigenvalue weighted by Crippen LogP contribution is -2.36. The van der Waals surface area contributed by atoms with Crippen LogP contribution < -0.4 is 4.90 Å². The van der Waals surface area contributed by atoms with Crippen molar-refractivity contribution in [1.29, 1.82) is 0 Å². The van der Waals surface area contributed by atoms with E-state index in [1.807, 2.05) is 68.4 Å². The molecule has 1 heterocycles. The van der Waals surface area contributed by atoms with Gasteiger partial charge in [-0.15, -0.1) is 21.8 Å². The monoisotopic (exact) mass is 383 g/mol. The highest BCUT2D eigenvalue weighted by Gasteiger charge is 2.24. The summed E-state index contributed by atoms with van der Waals surface area (Å²) in [7, 11) is 0. The predicted octanol–water partition coefficient (Wildman–Crippen LogP) is 4.52. The van der Waals surface area contributed by atoms with Crippen molar-refractivity contribution in [2.24, 2.45) is 0 Å². The highest BCUT2D eigenvalue weighted by Crippen LogP contribution is 2.21. The summed E-state index contributed by atoms with van der Waals surface area (Å²) in [5, 5.41) is 7.66. The largest absolute Gasteiger partial charge is 0.423 e. The third-order valence-electron chi connectivity index (χ3n) is 4.37. The number of halogens is 1. The second-order valence-electron chi connectivity index (χ2n) is 6.33. The molecule has 1 amide bonds. The van der Waals surface area contributed by atoms with Gasteiger partial charge in [-0.2, -0.15) is 0 Å². The van der Waals surface area contributed by atoms with Crippen LogP contribution in [0.1, 0.15) is 36.3 Å². The molecule has 0 aliphatic rings. The summed E-state index contributed by atoms with van der Waals surface area (Å²) in [6, 6.07) is 17.5. The van der Waals surface area contributed by atoms with Crippen LogP contribution in [0.3, 0.4) is 0 Å². The topological polar surface area (TPSA) is 59.2 Å². The summed E-state index contributed by atoms with van der Waals surface area (Å²) in [6.45, 7) is 4.12. The molecule has 0 aliphatic heterocycles. The van der Waals surface area contributed by atoms with E-state index in [0.717, 1.165) is 11.3 Å². The summed E-state index contributed by atoms with van der Waals surface area (Å²) in [4.78, 5) is 14.3. The minimum absolute atomic E-state index is 0.177. The molecule has 0 saturated heterocycles. The third kappa shape index (κ3) is 4.74. The van der Waals surface area contributed by atoms with Crippen molar-refractivity contribution < 1.29 is 9.21 Å². The van der Waals surface area contributed by atoms with E-state index in [1.165, 1.54) is 5.56 Å². The minimum Gasteiger partial charge on any atom is -0.423 e. The fraction of sp³-hybridized carbons (Fsp3) is 0.286. The Kier molecular flexibility index (Phi) is 6.24. The molecular formula is C21H22ClN3O2. The van der Waals surface area contributed by atoms with Crippen molar-refractivity contribution in [3.63, 3.8) is 0 Å². The van der Waals surface area contributed by atoms with Gasteiger partial charge in [0.2, 0.25) is 17.7 Å². The van der Waals surface area contributed by atoms with Crippen molar-refractivity contribution in [2.75, 3.05) is 4.90 Å². The Morgan fingerprint density at radius 3 is 2.44 bits per heavy atom. The number of nitrogens with zero attached hydrogens (tertiary/aromatic N) is 3. The number of rotatable bonds is 7. The van der Waals surface area contributed by atoms with Crippen LogP contribution in [0.2, 0.25) is 0 Å². The second kappa shape index (κ2) is 8.82. The summed E-state index contributed by atoms with van der Waals surface area (Å²) in [5.41, 5.74) is 3.06. The lowest BCUT2D eigenvalue weighted by atomic mass is 10.1. The number of hydrogen-bond donors (Lipinski definition) is 0. The van der Waals surface area contributed by atoms with Crippen molar-refractivity contribution >= 4 is 23.2 Å². The first-order valence-corrected chi connectivity index (χ1v) is 9.38. The summed E-state index contributed by atoms with van der Waals surface area (Å²) in [6.07, 6.45) is 1.11. The van der Waals surface area contributed by atoms with Crippen LogP contribution in [0.25, 0.3) is 0 Å². The van der Waals surface area contributed by atoms with Gasteiger partial charge in [0.15, 0.2) is 0 Å². The van der Waals surface area contributed by atoms with Gasteiger partial charge < -0.3 is 9.32 Å². The molecule has 27 heavy (non-hydrogen) atoms. The average molecular weight is 384 g/mol. The van der Waals surface area contributed by atoms with E-state index >= 15 is 0 Å². The molecular weight excluding hydrogens is 362 g/mol. The Hall–Kier alpha value is -2.66. The molecule has 1 unspecified atom stereocenters. The Labute approximate surface area is 164 Å². The first-order chi connectivity index (χ1) is 13.1. The third-order valence-corrected chi connectivity index (χ3v) is 4.86. The van der Waals surface area contributed by atoms with Gasteiger partial charge >= 0.3 is 0 Å². The van der Waals surface area contributed by atoms with Gasteiger partial charge in [0.1, 0.15) is 11.9 Å². The van der Waals surface area contributed by atoms with Gasteiger partial charge in [-0.1, -0.05) is 49.4 Å². The molecule has 0 radical (unpaired) electrons. The van der Waals surface area contributed by atoms with Crippen LogP contribution in [0.5, 0.6) is 0 Å². The number of carbonyl (C=O) groups is 1. The van der Waals surface area contributed by atoms with Gasteiger partial charge in [0.05, 0.1) is 6.42 Å². The van der Waals surface area contributed by atoms with E-state index in [4.69, 9.17) is 16.0 Å². The maximum Gasteiger partial charge on any atom is 0.245 e. The molecule has 2 aromatic carbocycles. The maximum absolute atomic E-state index is 12.7. The molecule has 6 heteroatoms. The lowest BCUT2D eigenvalue weighted by molar-refractivity contribution is -0.118. The highest BCUT2D eigenvalue weighted by molar-refractivity contribution is 6.32. The summed E-state index contributed by atoms with van der Waals surface area (Å²) in [5.74, 6) is 0.734. The smallest absolute Gasteiger partial charge is 0.245 e. The zero-order chi connectivity index (χ0) is 19.2. The maximum atomic E-state index is 12.7. The standard InChI is InChI=1S/C21H22ClN3O2/c1-3-18(22)21(26)25(17-11-5-4-6-12-17)14-20-24-23-19(27-20)13-16-10-8-7-9-15(16)2/h4-12,18H,3,13-14H2,1-2H3. The molecule has 0 saturated carbocycles. The number of anilines is 1. The van der Waals surface area contributed by atoms with Crippen LogP contribution in [0, 0.1) is 6.92 Å². The number of alkyl halides is 1. The van der Waals surface area contributed by atoms with Crippen molar-refractivity contribution in [2.45, 2.75) is 38.6 Å². The van der Waals surface area contributed by atoms with E-state index in [-0.39, 0.29) is 12.5 Å². The molecule has 0 spiro atoms. The number of hydrogen-bond acceptors (Lipinski definition) is 4. The van der Waals surface area contributed by atoms with E-state index in [1.54, 1.807) is 4.90 Å². The van der Waals surface area contributed by atoms with Crippen molar-refractivity contribution in [3.8, 4) is 0 Å². The predicted molar refractivity (Wildman–Crippen MR) is 106 cm³/mol.